The van der Waals surface area contributed by atoms with Gasteiger partial charge in [0.15, 0.2) is 0 Å². The highest BCUT2D eigenvalue weighted by Gasteiger charge is 2.14. The van der Waals surface area contributed by atoms with E-state index >= 15 is 0 Å². The standard InChI is InChI=1S/C16H19NO4/c1-10-7-12(11(2)21-10)9-17-16(18)14-6-5-13(19-3)8-15(14)20-4/h5-8H,9H2,1-4H3,(H,17,18). The van der Waals surface area contributed by atoms with Gasteiger partial charge in [0.25, 0.3) is 5.91 Å². The molecule has 0 radical (unpaired) electrons. The number of nitrogens with one attached hydrogen (secondary N) is 1. The van der Waals surface area contributed by atoms with Crippen molar-refractivity contribution in [2.45, 2.75) is 20.4 Å². The Hall–Kier alpha value is -2.43. The van der Waals surface area contributed by atoms with Crippen LogP contribution in [-0.2, 0) is 6.54 Å². The van der Waals surface area contributed by atoms with E-state index in [2.05, 4.69) is 5.32 Å². The third kappa shape index (κ3) is 3.37. The molecule has 0 aliphatic carbocycles. The van der Waals surface area contributed by atoms with Crippen LogP contribution in [0.5, 0.6) is 11.5 Å². The average Bonchev–Trinajstić information content (AvgIpc) is 2.81. The number of carbonyl (C=O) groups excluding carboxylic acids is 1. The highest BCUT2D eigenvalue weighted by Crippen LogP contribution is 2.24. The predicted molar refractivity (Wildman–Crippen MR) is 78.9 cm³/mol. The molecule has 112 valence electrons. The average molecular weight is 289 g/mol. The molecule has 1 heterocycles. The molecule has 1 aromatic carbocycles. The van der Waals surface area contributed by atoms with Crippen molar-refractivity contribution in [3.05, 3.63) is 46.9 Å². The number of amides is 1. The number of ether oxygens (including phenoxy) is 2. The fourth-order valence-electron chi connectivity index (χ4n) is 2.12. The smallest absolute Gasteiger partial charge is 0.255 e. The van der Waals surface area contributed by atoms with E-state index in [0.717, 1.165) is 17.1 Å². The predicted octanol–water partition coefficient (Wildman–Crippen LogP) is 2.84. The topological polar surface area (TPSA) is 60.7 Å². The SMILES string of the molecule is COc1ccc(C(=O)NCc2cc(C)oc2C)c(OC)c1. The quantitative estimate of drug-likeness (QED) is 0.919. The van der Waals surface area contributed by atoms with Crippen molar-refractivity contribution in [2.24, 2.45) is 0 Å². The lowest BCUT2D eigenvalue weighted by molar-refractivity contribution is 0.0947. The molecule has 0 aliphatic rings. The molecule has 0 bridgehead atoms. The van der Waals surface area contributed by atoms with E-state index in [1.807, 2.05) is 19.9 Å². The number of hydrogen-bond acceptors (Lipinski definition) is 4. The zero-order valence-corrected chi connectivity index (χ0v) is 12.6. The van der Waals surface area contributed by atoms with E-state index in [1.54, 1.807) is 25.3 Å². The van der Waals surface area contributed by atoms with E-state index in [-0.39, 0.29) is 5.91 Å². The van der Waals surface area contributed by atoms with E-state index in [4.69, 9.17) is 13.9 Å². The maximum atomic E-state index is 12.3. The maximum absolute atomic E-state index is 12.3. The molecule has 1 N–H and O–H groups in total. The molecule has 0 saturated carbocycles. The summed E-state index contributed by atoms with van der Waals surface area (Å²) < 4.78 is 15.8. The normalized spacial score (nSPS) is 10.3. The fourth-order valence-corrected chi connectivity index (χ4v) is 2.12. The zero-order chi connectivity index (χ0) is 15.4. The molecule has 1 aromatic heterocycles. The van der Waals surface area contributed by atoms with E-state index in [0.29, 0.717) is 23.6 Å². The molecule has 0 spiro atoms. The number of methoxy groups -OCH3 is 2. The van der Waals surface area contributed by atoms with Gasteiger partial charge in [0.05, 0.1) is 19.8 Å². The molecule has 0 unspecified atom stereocenters. The van der Waals surface area contributed by atoms with Crippen molar-refractivity contribution in [3.8, 4) is 11.5 Å². The molecule has 21 heavy (non-hydrogen) atoms. The summed E-state index contributed by atoms with van der Waals surface area (Å²) >= 11 is 0. The van der Waals surface area contributed by atoms with Crippen molar-refractivity contribution in [1.82, 2.24) is 5.32 Å². The summed E-state index contributed by atoms with van der Waals surface area (Å²) in [4.78, 5) is 12.3. The Labute approximate surface area is 123 Å². The first-order valence-electron chi connectivity index (χ1n) is 6.61. The highest BCUT2D eigenvalue weighted by molar-refractivity contribution is 5.97. The third-order valence-electron chi connectivity index (χ3n) is 3.24. The Bertz CT molecular complexity index is 646. The summed E-state index contributed by atoms with van der Waals surface area (Å²) in [5, 5.41) is 2.86. The zero-order valence-electron chi connectivity index (χ0n) is 12.6. The highest BCUT2D eigenvalue weighted by atomic mass is 16.5. The van der Waals surface area contributed by atoms with E-state index in [1.165, 1.54) is 7.11 Å². The summed E-state index contributed by atoms with van der Waals surface area (Å²) in [5.41, 5.74) is 1.43. The van der Waals surface area contributed by atoms with Gasteiger partial charge in [-0.3, -0.25) is 4.79 Å². The summed E-state index contributed by atoms with van der Waals surface area (Å²) in [7, 11) is 3.09. The second-order valence-corrected chi connectivity index (χ2v) is 4.69. The Kier molecular flexibility index (Phi) is 4.52. The summed E-state index contributed by atoms with van der Waals surface area (Å²) in [6, 6.07) is 7.01. The van der Waals surface area contributed by atoms with Gasteiger partial charge >= 0.3 is 0 Å². The van der Waals surface area contributed by atoms with Gasteiger partial charge in [0.1, 0.15) is 23.0 Å². The van der Waals surface area contributed by atoms with Gasteiger partial charge in [0.2, 0.25) is 0 Å². The van der Waals surface area contributed by atoms with Gasteiger partial charge in [-0.1, -0.05) is 0 Å². The van der Waals surface area contributed by atoms with Gasteiger partial charge in [0, 0.05) is 18.2 Å². The van der Waals surface area contributed by atoms with E-state index < -0.39 is 0 Å². The van der Waals surface area contributed by atoms with Crippen LogP contribution in [0.2, 0.25) is 0 Å². The molecule has 0 aliphatic heterocycles. The lowest BCUT2D eigenvalue weighted by Crippen LogP contribution is -2.23. The summed E-state index contributed by atoms with van der Waals surface area (Å²) in [6.45, 7) is 4.17. The summed E-state index contributed by atoms with van der Waals surface area (Å²) in [5.74, 6) is 2.57. The lowest BCUT2D eigenvalue weighted by Gasteiger charge is -2.10. The van der Waals surface area contributed by atoms with Gasteiger partial charge in [-0.15, -0.1) is 0 Å². The number of furan rings is 1. The first-order chi connectivity index (χ1) is 10.0. The van der Waals surface area contributed by atoms with Crippen LogP contribution >= 0.6 is 0 Å². The second-order valence-electron chi connectivity index (χ2n) is 4.69. The molecule has 0 fully saturated rings. The van der Waals surface area contributed by atoms with Crippen molar-refractivity contribution < 1.29 is 18.7 Å². The molecular formula is C16H19NO4. The number of benzene rings is 1. The minimum absolute atomic E-state index is 0.201. The molecule has 0 atom stereocenters. The fraction of sp³-hybridized carbons (Fsp3) is 0.312. The molecule has 1 amide bonds. The van der Waals surface area contributed by atoms with Crippen LogP contribution in [0.3, 0.4) is 0 Å². The maximum Gasteiger partial charge on any atom is 0.255 e. The monoisotopic (exact) mass is 289 g/mol. The Morgan fingerprint density at radius 1 is 1.19 bits per heavy atom. The number of rotatable bonds is 5. The van der Waals surface area contributed by atoms with Crippen molar-refractivity contribution in [2.75, 3.05) is 14.2 Å². The van der Waals surface area contributed by atoms with Crippen molar-refractivity contribution in [3.63, 3.8) is 0 Å². The van der Waals surface area contributed by atoms with Crippen molar-refractivity contribution in [1.29, 1.82) is 0 Å². The summed E-state index contributed by atoms with van der Waals surface area (Å²) in [6.07, 6.45) is 0. The van der Waals surface area contributed by atoms with Crippen LogP contribution in [0, 0.1) is 13.8 Å². The first-order valence-corrected chi connectivity index (χ1v) is 6.61. The second kappa shape index (κ2) is 6.35. The van der Waals surface area contributed by atoms with Crippen LogP contribution in [0.25, 0.3) is 0 Å². The van der Waals surface area contributed by atoms with Crippen LogP contribution in [0.4, 0.5) is 0 Å². The van der Waals surface area contributed by atoms with Crippen LogP contribution in [0.1, 0.15) is 27.4 Å². The Balaban J connectivity index is 2.11. The van der Waals surface area contributed by atoms with Crippen LogP contribution in [0.15, 0.2) is 28.7 Å². The van der Waals surface area contributed by atoms with Crippen LogP contribution in [-0.4, -0.2) is 20.1 Å². The van der Waals surface area contributed by atoms with Gasteiger partial charge in [-0.25, -0.2) is 0 Å². The van der Waals surface area contributed by atoms with Gasteiger partial charge < -0.3 is 19.2 Å². The molecular weight excluding hydrogens is 270 g/mol. The van der Waals surface area contributed by atoms with Crippen molar-refractivity contribution >= 4 is 5.91 Å². The minimum atomic E-state index is -0.201. The van der Waals surface area contributed by atoms with E-state index in [9.17, 15) is 4.79 Å². The minimum Gasteiger partial charge on any atom is -0.497 e. The Morgan fingerprint density at radius 2 is 1.95 bits per heavy atom. The Morgan fingerprint density at radius 3 is 2.52 bits per heavy atom. The van der Waals surface area contributed by atoms with Gasteiger partial charge in [-0.2, -0.15) is 0 Å². The largest absolute Gasteiger partial charge is 0.497 e. The number of hydrogen-bond donors (Lipinski definition) is 1. The lowest BCUT2D eigenvalue weighted by atomic mass is 10.1. The molecule has 5 nitrogen and oxygen atoms in total. The molecule has 0 saturated heterocycles. The molecule has 5 heteroatoms. The first kappa shape index (κ1) is 15.0. The third-order valence-corrected chi connectivity index (χ3v) is 3.24. The molecule has 2 rings (SSSR count). The number of aryl methyl sites for hydroxylation is 2. The van der Waals surface area contributed by atoms with Gasteiger partial charge in [-0.05, 0) is 32.0 Å². The molecule has 2 aromatic rings. The van der Waals surface area contributed by atoms with Crippen LogP contribution < -0.4 is 14.8 Å². The number of carbonyl (C=O) groups is 1.